The molecule has 3 rings (SSSR count). The van der Waals surface area contributed by atoms with Gasteiger partial charge in [0.15, 0.2) is 0 Å². The summed E-state index contributed by atoms with van der Waals surface area (Å²) in [6, 6.07) is 7.30. The molecule has 1 aliphatic heterocycles. The van der Waals surface area contributed by atoms with Crippen LogP contribution in [0, 0.1) is 11.8 Å². The summed E-state index contributed by atoms with van der Waals surface area (Å²) in [5, 5.41) is 22.1. The van der Waals surface area contributed by atoms with Gasteiger partial charge >= 0.3 is 12.1 Å². The van der Waals surface area contributed by atoms with Crippen molar-refractivity contribution in [3.63, 3.8) is 0 Å². The van der Waals surface area contributed by atoms with Gasteiger partial charge in [0, 0.05) is 57.3 Å². The summed E-state index contributed by atoms with van der Waals surface area (Å²) in [5.74, 6) is 0.545. The Labute approximate surface area is 233 Å². The SMILES string of the molecule is CNC[C@H](CC1CCCCC1)NC(=O)N1CCC[C@@H]([C@@](O)(CCCNC(=O)N(C)C)c2cccc(Cl)c2)C1. The van der Waals surface area contributed by atoms with Crippen molar-refractivity contribution in [1.82, 2.24) is 25.8 Å². The van der Waals surface area contributed by atoms with Crippen LogP contribution in [0.25, 0.3) is 0 Å². The number of likely N-dealkylation sites (N-methyl/N-ethyl adjacent to an activating group) is 1. The predicted molar refractivity (Wildman–Crippen MR) is 153 cm³/mol. The fourth-order valence-electron chi connectivity index (χ4n) is 6.14. The summed E-state index contributed by atoms with van der Waals surface area (Å²) >= 11 is 6.32. The Bertz CT molecular complexity index is 895. The number of hydrogen-bond donors (Lipinski definition) is 4. The highest BCUT2D eigenvalue weighted by Crippen LogP contribution is 2.40. The standard InChI is InChI=1S/C29H48ClN5O3/c1-31-20-26(18-22-10-5-4-6-11-22)33-28(37)35-17-8-13-24(21-35)29(38,23-12-7-14-25(30)19-23)15-9-16-32-27(36)34(2)3/h7,12,14,19,22,24,26,31,38H,4-6,8-11,13,15-18,20-21H2,1-3H3,(H,32,36)(H,33,37)/t24-,26+,29-/m1/s1. The molecule has 0 bridgehead atoms. The van der Waals surface area contributed by atoms with Gasteiger partial charge in [0.1, 0.15) is 0 Å². The van der Waals surface area contributed by atoms with E-state index in [2.05, 4.69) is 16.0 Å². The van der Waals surface area contributed by atoms with E-state index in [-0.39, 0.29) is 24.0 Å². The van der Waals surface area contributed by atoms with Crippen molar-refractivity contribution in [2.75, 3.05) is 47.3 Å². The number of piperidine rings is 1. The lowest BCUT2D eigenvalue weighted by atomic mass is 9.74. The number of carbonyl (C=O) groups excluding carboxylic acids is 2. The minimum atomic E-state index is -1.15. The highest BCUT2D eigenvalue weighted by Gasteiger charge is 2.41. The molecular formula is C29H48ClN5O3. The fourth-order valence-corrected chi connectivity index (χ4v) is 6.33. The number of halogens is 1. The van der Waals surface area contributed by atoms with Gasteiger partial charge in [-0.2, -0.15) is 0 Å². The molecule has 1 aromatic rings. The van der Waals surface area contributed by atoms with Crippen molar-refractivity contribution in [3.8, 4) is 0 Å². The van der Waals surface area contributed by atoms with Gasteiger partial charge in [-0.25, -0.2) is 9.59 Å². The third-order valence-electron chi connectivity index (χ3n) is 8.25. The van der Waals surface area contributed by atoms with Crippen LogP contribution in [0.2, 0.25) is 5.02 Å². The van der Waals surface area contributed by atoms with E-state index in [1.165, 1.54) is 37.0 Å². The van der Waals surface area contributed by atoms with Gasteiger partial charge < -0.3 is 30.9 Å². The minimum absolute atomic E-state index is 0.0440. The number of carbonyl (C=O) groups is 2. The first kappa shape index (κ1) is 30.5. The van der Waals surface area contributed by atoms with Gasteiger partial charge in [0.2, 0.25) is 0 Å². The maximum atomic E-state index is 13.4. The molecule has 1 aliphatic carbocycles. The van der Waals surface area contributed by atoms with Gasteiger partial charge in [-0.15, -0.1) is 0 Å². The monoisotopic (exact) mass is 549 g/mol. The predicted octanol–water partition coefficient (Wildman–Crippen LogP) is 4.56. The van der Waals surface area contributed by atoms with Crippen molar-refractivity contribution in [2.45, 2.75) is 75.9 Å². The third-order valence-corrected chi connectivity index (χ3v) is 8.48. The Hall–Kier alpha value is -2.03. The maximum absolute atomic E-state index is 13.4. The molecule has 4 amide bonds. The van der Waals surface area contributed by atoms with Crippen LogP contribution in [-0.4, -0.2) is 80.3 Å². The number of rotatable bonds is 11. The summed E-state index contributed by atoms with van der Waals surface area (Å²) < 4.78 is 0. The molecule has 0 radical (unpaired) electrons. The summed E-state index contributed by atoms with van der Waals surface area (Å²) in [6.45, 7) is 2.38. The van der Waals surface area contributed by atoms with Crippen LogP contribution < -0.4 is 16.0 Å². The average molecular weight is 550 g/mol. The first-order valence-corrected chi connectivity index (χ1v) is 14.7. The van der Waals surface area contributed by atoms with E-state index in [0.717, 1.165) is 31.4 Å². The fraction of sp³-hybridized carbons (Fsp3) is 0.724. The van der Waals surface area contributed by atoms with Gasteiger partial charge in [-0.1, -0.05) is 55.8 Å². The molecule has 0 unspecified atom stereocenters. The molecule has 0 spiro atoms. The van der Waals surface area contributed by atoms with Crippen LogP contribution in [-0.2, 0) is 5.60 Å². The van der Waals surface area contributed by atoms with Crippen LogP contribution in [0.5, 0.6) is 0 Å². The number of hydrogen-bond acceptors (Lipinski definition) is 4. The molecule has 1 saturated carbocycles. The van der Waals surface area contributed by atoms with Crippen molar-refractivity contribution in [1.29, 1.82) is 0 Å². The molecular weight excluding hydrogens is 502 g/mol. The molecule has 38 heavy (non-hydrogen) atoms. The Kier molecular flexibility index (Phi) is 12.0. The molecule has 1 saturated heterocycles. The van der Waals surface area contributed by atoms with Gasteiger partial charge in [-0.3, -0.25) is 0 Å². The number of amides is 4. The lowest BCUT2D eigenvalue weighted by Crippen LogP contribution is -2.54. The number of likely N-dealkylation sites (tertiary alicyclic amines) is 1. The van der Waals surface area contributed by atoms with E-state index < -0.39 is 5.60 Å². The Morgan fingerprint density at radius 3 is 2.63 bits per heavy atom. The van der Waals surface area contributed by atoms with E-state index in [4.69, 9.17) is 11.6 Å². The lowest BCUT2D eigenvalue weighted by Gasteiger charge is -2.43. The van der Waals surface area contributed by atoms with Crippen molar-refractivity contribution in [3.05, 3.63) is 34.9 Å². The second kappa shape index (κ2) is 14.9. The van der Waals surface area contributed by atoms with E-state index in [0.29, 0.717) is 43.4 Å². The van der Waals surface area contributed by atoms with E-state index >= 15 is 0 Å². The van der Waals surface area contributed by atoms with Gasteiger partial charge in [-0.05, 0) is 62.8 Å². The number of aliphatic hydroxyl groups is 1. The number of nitrogens with zero attached hydrogens (tertiary/aromatic N) is 2. The quantitative estimate of drug-likeness (QED) is 0.304. The Morgan fingerprint density at radius 1 is 1.18 bits per heavy atom. The largest absolute Gasteiger partial charge is 0.385 e. The molecule has 1 aromatic carbocycles. The van der Waals surface area contributed by atoms with Crippen LogP contribution in [0.4, 0.5) is 9.59 Å². The van der Waals surface area contributed by atoms with Crippen molar-refractivity contribution in [2.24, 2.45) is 11.8 Å². The molecule has 2 aliphatic rings. The zero-order valence-electron chi connectivity index (χ0n) is 23.5. The van der Waals surface area contributed by atoms with Crippen LogP contribution in [0.15, 0.2) is 24.3 Å². The molecule has 0 aromatic heterocycles. The normalized spacial score (nSPS) is 20.9. The highest BCUT2D eigenvalue weighted by molar-refractivity contribution is 6.30. The molecule has 4 N–H and O–H groups in total. The number of benzene rings is 1. The zero-order valence-corrected chi connectivity index (χ0v) is 24.2. The average Bonchev–Trinajstić information content (AvgIpc) is 2.91. The van der Waals surface area contributed by atoms with Crippen molar-refractivity contribution >= 4 is 23.7 Å². The molecule has 1 heterocycles. The molecule has 8 nitrogen and oxygen atoms in total. The van der Waals surface area contributed by atoms with E-state index in [9.17, 15) is 14.7 Å². The molecule has 9 heteroatoms. The smallest absolute Gasteiger partial charge is 0.317 e. The molecule has 214 valence electrons. The maximum Gasteiger partial charge on any atom is 0.317 e. The summed E-state index contributed by atoms with van der Waals surface area (Å²) in [5.41, 5.74) is -0.388. The summed E-state index contributed by atoms with van der Waals surface area (Å²) in [4.78, 5) is 28.7. The second-order valence-corrected chi connectivity index (χ2v) is 11.8. The van der Waals surface area contributed by atoms with Crippen molar-refractivity contribution < 1.29 is 14.7 Å². The molecule has 3 atom stereocenters. The minimum Gasteiger partial charge on any atom is -0.385 e. The Morgan fingerprint density at radius 2 is 1.95 bits per heavy atom. The highest BCUT2D eigenvalue weighted by atomic mass is 35.5. The summed E-state index contributed by atoms with van der Waals surface area (Å²) in [7, 11) is 5.34. The lowest BCUT2D eigenvalue weighted by molar-refractivity contribution is -0.0552. The van der Waals surface area contributed by atoms with Crippen LogP contribution in [0.1, 0.15) is 69.8 Å². The zero-order chi connectivity index (χ0) is 27.5. The van der Waals surface area contributed by atoms with Gasteiger partial charge in [0.25, 0.3) is 0 Å². The Balaban J connectivity index is 1.68. The van der Waals surface area contributed by atoms with Crippen LogP contribution in [0.3, 0.4) is 0 Å². The first-order chi connectivity index (χ1) is 18.2. The second-order valence-electron chi connectivity index (χ2n) is 11.4. The number of urea groups is 2. The number of nitrogens with one attached hydrogen (secondary N) is 3. The van der Waals surface area contributed by atoms with Gasteiger partial charge in [0.05, 0.1) is 5.60 Å². The summed E-state index contributed by atoms with van der Waals surface area (Å²) in [6.07, 6.45) is 10.1. The van der Waals surface area contributed by atoms with E-state index in [1.807, 2.05) is 30.1 Å². The topological polar surface area (TPSA) is 96.9 Å². The third kappa shape index (κ3) is 8.75. The first-order valence-electron chi connectivity index (χ1n) is 14.4. The van der Waals surface area contributed by atoms with E-state index in [1.54, 1.807) is 20.2 Å². The molecule has 2 fully saturated rings. The van der Waals surface area contributed by atoms with Crippen LogP contribution >= 0.6 is 11.6 Å².